The maximum absolute atomic E-state index is 5.32. The molecule has 6 aromatic rings. The second-order valence-corrected chi connectivity index (χ2v) is 8.40. The number of fused-ring (bicyclic) bond motifs is 1. The van der Waals surface area contributed by atoms with Crippen LogP contribution in [0.25, 0.3) is 44.5 Å². The standard InChI is InChI=1S/C26H19N5OS/c1-32-22-10-8-21(9-11-22)31-17-23(26-28-14-16-33-26)29-25(31)19-4-6-20(7-5-19)30-15-12-18-3-2-13-27-24(18)30/h2-17H,1H3. The van der Waals surface area contributed by atoms with E-state index in [9.17, 15) is 0 Å². The molecule has 0 aliphatic rings. The fourth-order valence-electron chi connectivity index (χ4n) is 3.92. The summed E-state index contributed by atoms with van der Waals surface area (Å²) >= 11 is 1.58. The van der Waals surface area contributed by atoms with Crippen LogP contribution in [-0.4, -0.2) is 31.2 Å². The van der Waals surface area contributed by atoms with E-state index in [0.29, 0.717) is 0 Å². The summed E-state index contributed by atoms with van der Waals surface area (Å²) in [5, 5.41) is 3.97. The van der Waals surface area contributed by atoms with Crippen molar-refractivity contribution < 1.29 is 4.74 Å². The highest BCUT2D eigenvalue weighted by molar-refractivity contribution is 7.13. The smallest absolute Gasteiger partial charge is 0.145 e. The van der Waals surface area contributed by atoms with Crippen LogP contribution in [0.15, 0.2) is 96.9 Å². The van der Waals surface area contributed by atoms with Gasteiger partial charge in [-0.05, 0) is 66.7 Å². The first-order chi connectivity index (χ1) is 16.3. The van der Waals surface area contributed by atoms with Crippen molar-refractivity contribution in [2.24, 2.45) is 0 Å². The van der Waals surface area contributed by atoms with Gasteiger partial charge in [0, 0.05) is 52.5 Å². The lowest BCUT2D eigenvalue weighted by Crippen LogP contribution is -1.97. The van der Waals surface area contributed by atoms with E-state index in [1.165, 1.54) is 0 Å². The van der Waals surface area contributed by atoms with E-state index in [1.54, 1.807) is 24.6 Å². The molecule has 0 aliphatic carbocycles. The van der Waals surface area contributed by atoms with Gasteiger partial charge in [-0.25, -0.2) is 15.0 Å². The second kappa shape index (κ2) is 8.03. The zero-order valence-corrected chi connectivity index (χ0v) is 18.6. The van der Waals surface area contributed by atoms with Gasteiger partial charge in [0.15, 0.2) is 0 Å². The summed E-state index contributed by atoms with van der Waals surface area (Å²) in [6.07, 6.45) is 7.70. The molecule has 0 fully saturated rings. The van der Waals surface area contributed by atoms with Crippen molar-refractivity contribution in [1.29, 1.82) is 0 Å². The summed E-state index contributed by atoms with van der Waals surface area (Å²) in [5.74, 6) is 1.67. The van der Waals surface area contributed by atoms with Crippen LogP contribution in [0.1, 0.15) is 0 Å². The first kappa shape index (κ1) is 19.5. The van der Waals surface area contributed by atoms with E-state index >= 15 is 0 Å². The van der Waals surface area contributed by atoms with Crippen LogP contribution in [0.4, 0.5) is 0 Å². The van der Waals surface area contributed by atoms with Gasteiger partial charge in [0.05, 0.1) is 7.11 Å². The topological polar surface area (TPSA) is 57.8 Å². The normalized spacial score (nSPS) is 11.2. The van der Waals surface area contributed by atoms with Crippen LogP contribution >= 0.6 is 11.3 Å². The third-order valence-electron chi connectivity index (χ3n) is 5.56. The van der Waals surface area contributed by atoms with Crippen LogP contribution in [-0.2, 0) is 0 Å². The molecule has 160 valence electrons. The number of benzene rings is 2. The Hall–Kier alpha value is -4.23. The number of imidazole rings is 1. The van der Waals surface area contributed by atoms with Crippen LogP contribution in [0, 0.1) is 0 Å². The maximum Gasteiger partial charge on any atom is 0.145 e. The predicted octanol–water partition coefficient (Wildman–Crippen LogP) is 6.01. The number of nitrogens with zero attached hydrogens (tertiary/aromatic N) is 5. The summed E-state index contributed by atoms with van der Waals surface area (Å²) in [6, 6.07) is 22.4. The van der Waals surface area contributed by atoms with Crippen LogP contribution < -0.4 is 4.74 Å². The molecule has 0 atom stereocenters. The number of hydrogen-bond donors (Lipinski definition) is 0. The Labute approximate surface area is 194 Å². The molecule has 33 heavy (non-hydrogen) atoms. The molecule has 6 nitrogen and oxygen atoms in total. The summed E-state index contributed by atoms with van der Waals surface area (Å²) < 4.78 is 9.51. The van der Waals surface area contributed by atoms with Crippen molar-refractivity contribution in [3.8, 4) is 39.2 Å². The number of thiazole rings is 1. The average molecular weight is 450 g/mol. The molecular weight excluding hydrogens is 430 g/mol. The van der Waals surface area contributed by atoms with Crippen molar-refractivity contribution in [1.82, 2.24) is 24.1 Å². The van der Waals surface area contributed by atoms with Crippen LogP contribution in [0.3, 0.4) is 0 Å². The first-order valence-corrected chi connectivity index (χ1v) is 11.3. The summed E-state index contributed by atoms with van der Waals surface area (Å²) in [5.41, 5.74) is 4.86. The minimum atomic E-state index is 0.817. The van der Waals surface area contributed by atoms with Crippen LogP contribution in [0.5, 0.6) is 5.75 Å². The fraction of sp³-hybridized carbons (Fsp3) is 0.0385. The zero-order valence-electron chi connectivity index (χ0n) is 17.8. The molecule has 7 heteroatoms. The number of methoxy groups -OCH3 is 1. The van der Waals surface area contributed by atoms with E-state index in [2.05, 4.69) is 55.5 Å². The number of hydrogen-bond acceptors (Lipinski definition) is 5. The number of rotatable bonds is 5. The minimum absolute atomic E-state index is 0.817. The van der Waals surface area contributed by atoms with Crippen LogP contribution in [0.2, 0.25) is 0 Å². The summed E-state index contributed by atoms with van der Waals surface area (Å²) in [6.45, 7) is 0. The van der Waals surface area contributed by atoms with Crippen molar-refractivity contribution in [3.05, 3.63) is 96.9 Å². The van der Waals surface area contributed by atoms with E-state index in [1.807, 2.05) is 54.3 Å². The molecule has 4 heterocycles. The Bertz CT molecular complexity index is 1530. The Morgan fingerprint density at radius 3 is 2.36 bits per heavy atom. The monoisotopic (exact) mass is 449 g/mol. The highest BCUT2D eigenvalue weighted by atomic mass is 32.1. The lowest BCUT2D eigenvalue weighted by Gasteiger charge is -2.10. The van der Waals surface area contributed by atoms with Gasteiger partial charge in [-0.2, -0.15) is 0 Å². The van der Waals surface area contributed by atoms with E-state index in [4.69, 9.17) is 9.72 Å². The highest BCUT2D eigenvalue weighted by Crippen LogP contribution is 2.30. The molecule has 0 radical (unpaired) electrons. The average Bonchev–Trinajstić information content (AvgIpc) is 3.64. The Balaban J connectivity index is 1.44. The summed E-state index contributed by atoms with van der Waals surface area (Å²) in [4.78, 5) is 13.9. The largest absolute Gasteiger partial charge is 0.497 e. The molecule has 6 rings (SSSR count). The van der Waals surface area contributed by atoms with Crippen molar-refractivity contribution in [2.75, 3.05) is 7.11 Å². The molecule has 0 amide bonds. The Kier molecular flexibility index (Phi) is 4.74. The number of aromatic nitrogens is 5. The van der Waals surface area contributed by atoms with Crippen molar-refractivity contribution >= 4 is 22.4 Å². The van der Waals surface area contributed by atoms with Gasteiger partial charge in [-0.15, -0.1) is 11.3 Å². The third-order valence-corrected chi connectivity index (χ3v) is 6.36. The lowest BCUT2D eigenvalue weighted by molar-refractivity contribution is 0.415. The highest BCUT2D eigenvalue weighted by Gasteiger charge is 2.15. The molecule has 0 N–H and O–H groups in total. The lowest BCUT2D eigenvalue weighted by atomic mass is 10.2. The third kappa shape index (κ3) is 3.48. The van der Waals surface area contributed by atoms with Gasteiger partial charge < -0.3 is 9.30 Å². The predicted molar refractivity (Wildman–Crippen MR) is 131 cm³/mol. The Morgan fingerprint density at radius 1 is 0.818 bits per heavy atom. The van der Waals surface area contributed by atoms with Gasteiger partial charge in [0.2, 0.25) is 0 Å². The molecule has 0 saturated carbocycles. The number of ether oxygens (including phenoxy) is 1. The summed E-state index contributed by atoms with van der Waals surface area (Å²) in [7, 11) is 1.67. The molecule has 2 aromatic carbocycles. The Morgan fingerprint density at radius 2 is 1.61 bits per heavy atom. The van der Waals surface area contributed by atoms with E-state index in [-0.39, 0.29) is 0 Å². The van der Waals surface area contributed by atoms with E-state index < -0.39 is 0 Å². The molecule has 0 spiro atoms. The van der Waals surface area contributed by atoms with Gasteiger partial charge in [0.25, 0.3) is 0 Å². The SMILES string of the molecule is COc1ccc(-n2cc(-c3nccs3)nc2-c2ccc(-n3ccc4cccnc43)cc2)cc1. The number of pyridine rings is 1. The minimum Gasteiger partial charge on any atom is -0.497 e. The van der Waals surface area contributed by atoms with Gasteiger partial charge >= 0.3 is 0 Å². The van der Waals surface area contributed by atoms with Crippen molar-refractivity contribution in [2.45, 2.75) is 0 Å². The van der Waals surface area contributed by atoms with Gasteiger partial charge in [-0.1, -0.05) is 0 Å². The molecule has 0 saturated heterocycles. The molecule has 4 aromatic heterocycles. The molecular formula is C26H19N5OS. The van der Waals surface area contributed by atoms with E-state index in [0.717, 1.165) is 50.2 Å². The van der Waals surface area contributed by atoms with Gasteiger partial charge in [-0.3, -0.25) is 4.57 Å². The first-order valence-electron chi connectivity index (χ1n) is 10.5. The quantitative estimate of drug-likeness (QED) is 0.323. The molecule has 0 bridgehead atoms. The fourth-order valence-corrected chi connectivity index (χ4v) is 4.51. The molecule has 0 unspecified atom stereocenters. The van der Waals surface area contributed by atoms with Crippen molar-refractivity contribution in [3.63, 3.8) is 0 Å². The maximum atomic E-state index is 5.32. The zero-order chi connectivity index (χ0) is 22.2. The molecule has 0 aliphatic heterocycles. The second-order valence-electron chi connectivity index (χ2n) is 7.50. The van der Waals surface area contributed by atoms with Gasteiger partial charge in [0.1, 0.15) is 27.9 Å².